The third-order valence-corrected chi connectivity index (χ3v) is 3.16. The molecule has 0 bridgehead atoms. The summed E-state index contributed by atoms with van der Waals surface area (Å²) in [7, 11) is 1.43. The third-order valence-electron chi connectivity index (χ3n) is 2.85. The Hall–Kier alpha value is -2.47. The molecule has 0 spiro atoms. The van der Waals surface area contributed by atoms with Crippen LogP contribution < -0.4 is 15.4 Å². The van der Waals surface area contributed by atoms with Crippen molar-refractivity contribution in [2.24, 2.45) is 0 Å². The molecule has 1 aromatic heterocycles. The molecule has 6 nitrogen and oxygen atoms in total. The van der Waals surface area contributed by atoms with Crippen LogP contribution in [0.3, 0.4) is 0 Å². The highest BCUT2D eigenvalue weighted by molar-refractivity contribution is 6.34. The van der Waals surface area contributed by atoms with Crippen molar-refractivity contribution in [1.82, 2.24) is 5.32 Å². The zero-order valence-electron chi connectivity index (χ0n) is 12.1. The van der Waals surface area contributed by atoms with Crippen LogP contribution in [-0.4, -0.2) is 18.9 Å². The van der Waals surface area contributed by atoms with Gasteiger partial charge < -0.3 is 19.8 Å². The number of amides is 2. The van der Waals surface area contributed by atoms with E-state index >= 15 is 0 Å². The molecule has 7 heteroatoms. The molecule has 0 fully saturated rings. The number of methoxy groups -OCH3 is 1. The maximum atomic E-state index is 12.2. The number of carbonyl (C=O) groups excluding carboxylic acids is 2. The van der Waals surface area contributed by atoms with Crippen LogP contribution in [0.25, 0.3) is 0 Å². The summed E-state index contributed by atoms with van der Waals surface area (Å²) in [5.41, 5.74) is 0.654. The molecule has 0 saturated carbocycles. The van der Waals surface area contributed by atoms with Crippen molar-refractivity contribution in [3.05, 3.63) is 46.9 Å². The number of hydrogen-bond donors (Lipinski definition) is 2. The topological polar surface area (TPSA) is 80.6 Å². The Labute approximate surface area is 132 Å². The second kappa shape index (κ2) is 7.00. The molecule has 2 amide bonds. The molecular formula is C15H15ClN2O4. The van der Waals surface area contributed by atoms with Gasteiger partial charge in [0, 0.05) is 13.0 Å². The summed E-state index contributed by atoms with van der Waals surface area (Å²) in [6, 6.07) is 6.44. The molecule has 0 aliphatic rings. The Morgan fingerprint density at radius 1 is 1.36 bits per heavy atom. The van der Waals surface area contributed by atoms with Gasteiger partial charge in [-0.3, -0.25) is 9.59 Å². The van der Waals surface area contributed by atoms with Gasteiger partial charge in [0.15, 0.2) is 0 Å². The van der Waals surface area contributed by atoms with Gasteiger partial charge >= 0.3 is 0 Å². The van der Waals surface area contributed by atoms with Crippen molar-refractivity contribution < 1.29 is 18.7 Å². The van der Waals surface area contributed by atoms with Gasteiger partial charge in [-0.25, -0.2) is 0 Å². The number of furan rings is 1. The molecule has 1 heterocycles. The molecule has 2 rings (SSSR count). The molecule has 22 heavy (non-hydrogen) atoms. The van der Waals surface area contributed by atoms with Crippen molar-refractivity contribution in [1.29, 1.82) is 0 Å². The Balaban J connectivity index is 2.20. The van der Waals surface area contributed by atoms with Crippen molar-refractivity contribution in [3.63, 3.8) is 0 Å². The first-order chi connectivity index (χ1) is 10.5. The van der Waals surface area contributed by atoms with Crippen molar-refractivity contribution in [3.8, 4) is 5.75 Å². The van der Waals surface area contributed by atoms with Gasteiger partial charge in [-0.2, -0.15) is 0 Å². The van der Waals surface area contributed by atoms with E-state index in [2.05, 4.69) is 10.6 Å². The Kier molecular flexibility index (Phi) is 5.06. The zero-order chi connectivity index (χ0) is 16.1. The first-order valence-electron chi connectivity index (χ1n) is 6.47. The molecule has 1 aromatic carbocycles. The number of halogens is 1. The van der Waals surface area contributed by atoms with E-state index in [-0.39, 0.29) is 28.9 Å². The lowest BCUT2D eigenvalue weighted by Gasteiger charge is -2.12. The fourth-order valence-electron chi connectivity index (χ4n) is 1.86. The van der Waals surface area contributed by atoms with Crippen molar-refractivity contribution >= 4 is 29.1 Å². The van der Waals surface area contributed by atoms with Gasteiger partial charge in [-0.05, 0) is 18.2 Å². The SMILES string of the molecule is COc1cc(NC(C)=O)c(Cl)cc1C(=O)NCc1ccco1. The van der Waals surface area contributed by atoms with Crippen LogP contribution in [0.5, 0.6) is 5.75 Å². The average molecular weight is 323 g/mol. The van der Waals surface area contributed by atoms with Crippen LogP contribution in [0.4, 0.5) is 5.69 Å². The second-order valence-corrected chi connectivity index (χ2v) is 4.88. The highest BCUT2D eigenvalue weighted by Crippen LogP contribution is 2.31. The Morgan fingerprint density at radius 2 is 2.14 bits per heavy atom. The minimum atomic E-state index is -0.357. The predicted octanol–water partition coefficient (Wildman–Crippen LogP) is 2.83. The average Bonchev–Trinajstić information content (AvgIpc) is 2.99. The zero-order valence-corrected chi connectivity index (χ0v) is 12.9. The Bertz CT molecular complexity index is 683. The summed E-state index contributed by atoms with van der Waals surface area (Å²) in [4.78, 5) is 23.3. The molecule has 0 aliphatic carbocycles. The van der Waals surface area contributed by atoms with Gasteiger partial charge in [0.05, 0.1) is 36.2 Å². The Morgan fingerprint density at radius 3 is 2.73 bits per heavy atom. The van der Waals surface area contributed by atoms with Gasteiger partial charge in [-0.15, -0.1) is 0 Å². The van der Waals surface area contributed by atoms with Gasteiger partial charge in [0.1, 0.15) is 11.5 Å². The van der Waals surface area contributed by atoms with Crippen LogP contribution >= 0.6 is 11.6 Å². The molecule has 0 atom stereocenters. The summed E-state index contributed by atoms with van der Waals surface area (Å²) in [6.07, 6.45) is 1.53. The monoisotopic (exact) mass is 322 g/mol. The minimum absolute atomic E-state index is 0.249. The fraction of sp³-hybridized carbons (Fsp3) is 0.200. The third kappa shape index (κ3) is 3.79. The number of benzene rings is 1. The molecule has 0 aliphatic heterocycles. The summed E-state index contributed by atoms with van der Waals surface area (Å²) in [5.74, 6) is 0.321. The van der Waals surface area contributed by atoms with E-state index in [0.717, 1.165) is 0 Å². The first-order valence-corrected chi connectivity index (χ1v) is 6.84. The quantitative estimate of drug-likeness (QED) is 0.887. The molecular weight excluding hydrogens is 308 g/mol. The molecule has 2 aromatic rings. The molecule has 116 valence electrons. The van der Waals surface area contributed by atoms with Gasteiger partial charge in [0.25, 0.3) is 5.91 Å². The number of nitrogens with one attached hydrogen (secondary N) is 2. The molecule has 2 N–H and O–H groups in total. The molecule has 0 unspecified atom stereocenters. The fourth-order valence-corrected chi connectivity index (χ4v) is 2.07. The predicted molar refractivity (Wildman–Crippen MR) is 82.2 cm³/mol. The number of carbonyl (C=O) groups is 2. The van der Waals surface area contributed by atoms with Crippen LogP contribution in [0.2, 0.25) is 5.02 Å². The van der Waals surface area contributed by atoms with Crippen LogP contribution in [-0.2, 0) is 11.3 Å². The highest BCUT2D eigenvalue weighted by atomic mass is 35.5. The van der Waals surface area contributed by atoms with Crippen molar-refractivity contribution in [2.45, 2.75) is 13.5 Å². The summed E-state index contributed by atoms with van der Waals surface area (Å²) < 4.78 is 10.3. The lowest BCUT2D eigenvalue weighted by atomic mass is 10.1. The standard InChI is InChI=1S/C15H15ClN2O4/c1-9(19)18-13-7-14(21-2)11(6-12(13)16)15(20)17-8-10-4-3-5-22-10/h3-7H,8H2,1-2H3,(H,17,20)(H,18,19). The largest absolute Gasteiger partial charge is 0.496 e. The lowest BCUT2D eigenvalue weighted by Crippen LogP contribution is -2.23. The van der Waals surface area contributed by atoms with Crippen LogP contribution in [0.1, 0.15) is 23.0 Å². The maximum Gasteiger partial charge on any atom is 0.255 e. The van der Waals surface area contributed by atoms with E-state index in [1.165, 1.54) is 32.4 Å². The minimum Gasteiger partial charge on any atom is -0.496 e. The lowest BCUT2D eigenvalue weighted by molar-refractivity contribution is -0.114. The van der Waals surface area contributed by atoms with E-state index in [0.29, 0.717) is 17.2 Å². The number of ether oxygens (including phenoxy) is 1. The van der Waals surface area contributed by atoms with E-state index in [9.17, 15) is 9.59 Å². The second-order valence-electron chi connectivity index (χ2n) is 4.48. The number of rotatable bonds is 5. The molecule has 0 radical (unpaired) electrons. The highest BCUT2D eigenvalue weighted by Gasteiger charge is 2.16. The number of hydrogen-bond acceptors (Lipinski definition) is 4. The van der Waals surface area contributed by atoms with E-state index in [4.69, 9.17) is 20.8 Å². The summed E-state index contributed by atoms with van der Waals surface area (Å²) in [6.45, 7) is 1.62. The van der Waals surface area contributed by atoms with Gasteiger partial charge in [0.2, 0.25) is 5.91 Å². The summed E-state index contributed by atoms with van der Waals surface area (Å²) >= 11 is 6.08. The maximum absolute atomic E-state index is 12.2. The van der Waals surface area contributed by atoms with Crippen LogP contribution in [0, 0.1) is 0 Å². The van der Waals surface area contributed by atoms with E-state index < -0.39 is 0 Å². The summed E-state index contributed by atoms with van der Waals surface area (Å²) in [5, 5.41) is 5.52. The van der Waals surface area contributed by atoms with E-state index in [1.54, 1.807) is 12.1 Å². The smallest absolute Gasteiger partial charge is 0.255 e. The van der Waals surface area contributed by atoms with Crippen LogP contribution in [0.15, 0.2) is 34.9 Å². The normalized spacial score (nSPS) is 10.1. The van der Waals surface area contributed by atoms with Crippen molar-refractivity contribution in [2.75, 3.05) is 12.4 Å². The first kappa shape index (κ1) is 15.9. The molecule has 0 saturated heterocycles. The van der Waals surface area contributed by atoms with Gasteiger partial charge in [-0.1, -0.05) is 11.6 Å². The number of anilines is 1. The van der Waals surface area contributed by atoms with E-state index in [1.807, 2.05) is 0 Å².